The van der Waals surface area contributed by atoms with Crippen LogP contribution in [0, 0.1) is 12.3 Å². The fourth-order valence-electron chi connectivity index (χ4n) is 2.28. The van der Waals surface area contributed by atoms with E-state index in [1.165, 1.54) is 0 Å². The zero-order valence-electron chi connectivity index (χ0n) is 14.2. The lowest BCUT2D eigenvalue weighted by Crippen LogP contribution is -2.32. The lowest BCUT2D eigenvalue weighted by Gasteiger charge is -2.18. The molecule has 24 heavy (non-hydrogen) atoms. The Balaban J connectivity index is 1.97. The van der Waals surface area contributed by atoms with Crippen molar-refractivity contribution in [2.75, 3.05) is 6.54 Å². The summed E-state index contributed by atoms with van der Waals surface area (Å²) in [4.78, 5) is 23.3. The Hall–Kier alpha value is -2.63. The summed E-state index contributed by atoms with van der Waals surface area (Å²) in [7, 11) is 0. The summed E-state index contributed by atoms with van der Waals surface area (Å²) in [6.07, 6.45) is 1.92. The molecule has 2 aromatic rings. The van der Waals surface area contributed by atoms with Crippen molar-refractivity contribution >= 4 is 11.9 Å². The quantitative estimate of drug-likeness (QED) is 0.817. The molecule has 0 saturated carbocycles. The van der Waals surface area contributed by atoms with Crippen molar-refractivity contribution in [2.24, 2.45) is 5.41 Å². The predicted molar refractivity (Wildman–Crippen MR) is 90.9 cm³/mol. The van der Waals surface area contributed by atoms with Crippen molar-refractivity contribution in [3.63, 3.8) is 0 Å². The van der Waals surface area contributed by atoms with E-state index in [-0.39, 0.29) is 5.91 Å². The molecule has 1 aromatic carbocycles. The van der Waals surface area contributed by atoms with Crippen LogP contribution in [-0.4, -0.2) is 33.3 Å². The molecule has 0 spiro atoms. The summed E-state index contributed by atoms with van der Waals surface area (Å²) < 4.78 is 1.78. The molecule has 0 aliphatic carbocycles. The van der Waals surface area contributed by atoms with Gasteiger partial charge in [0.2, 0.25) is 0 Å². The molecule has 2 N–H and O–H groups in total. The van der Waals surface area contributed by atoms with Gasteiger partial charge in [0, 0.05) is 12.2 Å². The fraction of sp³-hybridized carbons (Fsp3) is 0.389. The Morgan fingerprint density at radius 3 is 2.54 bits per heavy atom. The molecule has 2 rings (SSSR count). The number of nitrogens with one attached hydrogen (secondary N) is 1. The summed E-state index contributed by atoms with van der Waals surface area (Å²) in [5, 5.41) is 16.1. The number of nitrogens with zero attached hydrogens (tertiary/aromatic N) is 2. The van der Waals surface area contributed by atoms with Gasteiger partial charge in [0.1, 0.15) is 0 Å². The van der Waals surface area contributed by atoms with E-state index >= 15 is 0 Å². The second-order valence-electron chi connectivity index (χ2n) is 6.48. The van der Waals surface area contributed by atoms with Crippen molar-refractivity contribution in [3.05, 3.63) is 53.3 Å². The van der Waals surface area contributed by atoms with E-state index in [1.54, 1.807) is 24.7 Å². The van der Waals surface area contributed by atoms with E-state index in [0.29, 0.717) is 25.1 Å². The average molecular weight is 329 g/mol. The van der Waals surface area contributed by atoms with Crippen LogP contribution in [0.1, 0.15) is 41.9 Å². The van der Waals surface area contributed by atoms with Gasteiger partial charge in [-0.2, -0.15) is 5.10 Å². The van der Waals surface area contributed by atoms with E-state index in [4.69, 9.17) is 5.11 Å². The minimum absolute atomic E-state index is 0.229. The van der Waals surface area contributed by atoms with Crippen molar-refractivity contribution in [1.82, 2.24) is 15.1 Å². The normalized spacial score (nSPS) is 11.3. The summed E-state index contributed by atoms with van der Waals surface area (Å²) in [5.41, 5.74) is 1.55. The first-order chi connectivity index (χ1) is 11.3. The number of carboxylic acids is 1. The number of aromatic nitrogens is 2. The van der Waals surface area contributed by atoms with Crippen LogP contribution < -0.4 is 5.32 Å². The van der Waals surface area contributed by atoms with Crippen LogP contribution in [0.3, 0.4) is 0 Å². The number of amides is 1. The fourth-order valence-corrected chi connectivity index (χ4v) is 2.28. The molecule has 0 saturated heterocycles. The Bertz CT molecular complexity index is 720. The van der Waals surface area contributed by atoms with Crippen LogP contribution in [0.2, 0.25) is 0 Å². The number of aliphatic carboxylic acids is 1. The van der Waals surface area contributed by atoms with Gasteiger partial charge in [0.05, 0.1) is 23.7 Å². The monoisotopic (exact) mass is 329 g/mol. The van der Waals surface area contributed by atoms with Gasteiger partial charge >= 0.3 is 5.97 Å². The second-order valence-corrected chi connectivity index (χ2v) is 6.48. The van der Waals surface area contributed by atoms with Crippen LogP contribution in [0.4, 0.5) is 0 Å². The van der Waals surface area contributed by atoms with Gasteiger partial charge in [0.15, 0.2) is 0 Å². The third-order valence-electron chi connectivity index (χ3n) is 4.14. The average Bonchev–Trinajstić information content (AvgIpc) is 2.89. The van der Waals surface area contributed by atoms with Gasteiger partial charge in [-0.1, -0.05) is 30.3 Å². The van der Waals surface area contributed by atoms with Gasteiger partial charge in [-0.15, -0.1) is 0 Å². The van der Waals surface area contributed by atoms with Gasteiger partial charge in [0.25, 0.3) is 5.91 Å². The summed E-state index contributed by atoms with van der Waals surface area (Å²) in [6.45, 7) is 6.05. The molecule has 0 aliphatic heterocycles. The highest BCUT2D eigenvalue weighted by molar-refractivity contribution is 5.95. The highest BCUT2D eigenvalue weighted by Gasteiger charge is 2.26. The summed E-state index contributed by atoms with van der Waals surface area (Å²) in [6, 6.07) is 9.90. The third-order valence-corrected chi connectivity index (χ3v) is 4.14. The van der Waals surface area contributed by atoms with Crippen LogP contribution in [0.25, 0.3) is 0 Å². The van der Waals surface area contributed by atoms with Crippen LogP contribution >= 0.6 is 0 Å². The first kappa shape index (κ1) is 17.7. The zero-order valence-corrected chi connectivity index (χ0v) is 14.2. The number of carbonyl (C=O) groups excluding carboxylic acids is 1. The Morgan fingerprint density at radius 2 is 1.92 bits per heavy atom. The first-order valence-corrected chi connectivity index (χ1v) is 7.89. The van der Waals surface area contributed by atoms with Crippen molar-refractivity contribution in [2.45, 2.75) is 33.7 Å². The molecule has 0 radical (unpaired) electrons. The minimum atomic E-state index is -0.872. The van der Waals surface area contributed by atoms with E-state index in [2.05, 4.69) is 10.4 Å². The number of hydrogen-bond acceptors (Lipinski definition) is 3. The van der Waals surface area contributed by atoms with Gasteiger partial charge in [-0.05, 0) is 32.8 Å². The van der Waals surface area contributed by atoms with Gasteiger partial charge in [-0.25, -0.2) is 0 Å². The molecule has 0 aliphatic rings. The minimum Gasteiger partial charge on any atom is -0.481 e. The molecular formula is C18H23N3O3. The predicted octanol–water partition coefficient (Wildman–Crippen LogP) is 2.47. The molecule has 1 aromatic heterocycles. The number of rotatable bonds is 7. The van der Waals surface area contributed by atoms with Crippen LogP contribution in [0.15, 0.2) is 36.5 Å². The standard InChI is InChI=1S/C18H23N3O3/c1-13-15(16(22)19-10-9-18(2,3)17(23)24)11-20-21(13)12-14-7-5-4-6-8-14/h4-8,11H,9-10,12H2,1-3H3,(H,19,22)(H,23,24). The SMILES string of the molecule is Cc1c(C(=O)NCCC(C)(C)C(=O)O)cnn1Cc1ccccc1. The van der Waals surface area contributed by atoms with Crippen LogP contribution in [-0.2, 0) is 11.3 Å². The molecule has 6 heteroatoms. The summed E-state index contributed by atoms with van der Waals surface area (Å²) in [5.74, 6) is -1.10. The van der Waals surface area contributed by atoms with E-state index in [0.717, 1.165) is 11.3 Å². The van der Waals surface area contributed by atoms with Gasteiger partial charge < -0.3 is 10.4 Å². The third kappa shape index (κ3) is 4.22. The highest BCUT2D eigenvalue weighted by Crippen LogP contribution is 2.19. The second kappa shape index (κ2) is 7.29. The molecule has 0 bridgehead atoms. The van der Waals surface area contributed by atoms with Crippen LogP contribution in [0.5, 0.6) is 0 Å². The van der Waals surface area contributed by atoms with Crippen molar-refractivity contribution < 1.29 is 14.7 Å². The van der Waals surface area contributed by atoms with E-state index < -0.39 is 11.4 Å². The number of carbonyl (C=O) groups is 2. The summed E-state index contributed by atoms with van der Waals surface area (Å²) >= 11 is 0. The maximum Gasteiger partial charge on any atom is 0.309 e. The lowest BCUT2D eigenvalue weighted by atomic mass is 9.90. The topological polar surface area (TPSA) is 84.2 Å². The largest absolute Gasteiger partial charge is 0.481 e. The van der Waals surface area contributed by atoms with E-state index in [9.17, 15) is 9.59 Å². The highest BCUT2D eigenvalue weighted by atomic mass is 16.4. The maximum atomic E-state index is 12.3. The Morgan fingerprint density at radius 1 is 1.25 bits per heavy atom. The number of benzene rings is 1. The molecule has 6 nitrogen and oxygen atoms in total. The molecule has 1 heterocycles. The number of hydrogen-bond donors (Lipinski definition) is 2. The Labute approximate surface area is 141 Å². The van der Waals surface area contributed by atoms with Crippen molar-refractivity contribution in [3.8, 4) is 0 Å². The Kier molecular flexibility index (Phi) is 5.39. The molecule has 1 amide bonds. The zero-order chi connectivity index (χ0) is 17.7. The molecule has 0 atom stereocenters. The molecule has 0 fully saturated rings. The molecule has 128 valence electrons. The first-order valence-electron chi connectivity index (χ1n) is 7.89. The molecule has 0 unspecified atom stereocenters. The van der Waals surface area contributed by atoms with E-state index in [1.807, 2.05) is 37.3 Å². The number of carboxylic acid groups (broad SMARTS) is 1. The maximum absolute atomic E-state index is 12.3. The van der Waals surface area contributed by atoms with Crippen molar-refractivity contribution in [1.29, 1.82) is 0 Å². The molecular weight excluding hydrogens is 306 g/mol. The smallest absolute Gasteiger partial charge is 0.309 e. The van der Waals surface area contributed by atoms with Gasteiger partial charge in [-0.3, -0.25) is 14.3 Å². The lowest BCUT2D eigenvalue weighted by molar-refractivity contribution is -0.147.